The van der Waals surface area contributed by atoms with E-state index in [4.69, 9.17) is 0 Å². The molecule has 2 atom stereocenters. The summed E-state index contributed by atoms with van der Waals surface area (Å²) in [6, 6.07) is 9.34. The molecule has 5 heteroatoms. The number of nitrogens with zero attached hydrogens (tertiary/aromatic N) is 1. The number of para-hydroxylation sites is 1. The highest BCUT2D eigenvalue weighted by Gasteiger charge is 2.29. The molecule has 2 heterocycles. The highest BCUT2D eigenvalue weighted by Crippen LogP contribution is 2.24. The van der Waals surface area contributed by atoms with E-state index in [1.54, 1.807) is 0 Å². The van der Waals surface area contributed by atoms with Gasteiger partial charge >= 0.3 is 0 Å². The van der Waals surface area contributed by atoms with E-state index >= 15 is 0 Å². The van der Waals surface area contributed by atoms with Gasteiger partial charge in [0.2, 0.25) is 5.91 Å². The summed E-state index contributed by atoms with van der Waals surface area (Å²) in [6.07, 6.45) is 3.71. The van der Waals surface area contributed by atoms with Crippen LogP contribution in [0.3, 0.4) is 0 Å². The SMILES string of the molecule is CC(C)c1ccccc1NC(=O)CN1CCC2CCC(C1)N2.Cl. The van der Waals surface area contributed by atoms with Gasteiger partial charge in [0.1, 0.15) is 0 Å². The Morgan fingerprint density at radius 3 is 2.78 bits per heavy atom. The molecule has 0 radical (unpaired) electrons. The molecule has 1 amide bonds. The average Bonchev–Trinajstić information content (AvgIpc) is 2.82. The number of anilines is 1. The fraction of sp³-hybridized carbons (Fsp3) is 0.611. The Labute approximate surface area is 145 Å². The molecule has 2 unspecified atom stereocenters. The van der Waals surface area contributed by atoms with Gasteiger partial charge in [-0.3, -0.25) is 9.69 Å². The zero-order valence-corrected chi connectivity index (χ0v) is 14.9. The van der Waals surface area contributed by atoms with Crippen molar-refractivity contribution >= 4 is 24.0 Å². The maximum atomic E-state index is 12.4. The molecule has 4 nitrogen and oxygen atoms in total. The van der Waals surface area contributed by atoms with E-state index < -0.39 is 0 Å². The summed E-state index contributed by atoms with van der Waals surface area (Å²) in [7, 11) is 0. The minimum atomic E-state index is 0. The lowest BCUT2D eigenvalue weighted by Crippen LogP contribution is -2.39. The van der Waals surface area contributed by atoms with Crippen LogP contribution in [0.2, 0.25) is 0 Å². The first kappa shape index (κ1) is 18.2. The van der Waals surface area contributed by atoms with Crippen LogP contribution in [0.4, 0.5) is 5.69 Å². The first-order valence-corrected chi connectivity index (χ1v) is 8.49. The van der Waals surface area contributed by atoms with E-state index in [9.17, 15) is 4.79 Å². The van der Waals surface area contributed by atoms with Crippen LogP contribution in [0.5, 0.6) is 0 Å². The Morgan fingerprint density at radius 2 is 2.00 bits per heavy atom. The lowest BCUT2D eigenvalue weighted by atomic mass is 10.0. The van der Waals surface area contributed by atoms with Crippen LogP contribution < -0.4 is 10.6 Å². The maximum Gasteiger partial charge on any atom is 0.238 e. The van der Waals surface area contributed by atoms with E-state index in [0.717, 1.165) is 25.2 Å². The number of rotatable bonds is 4. The third kappa shape index (κ3) is 4.69. The second kappa shape index (κ2) is 8.13. The minimum absolute atomic E-state index is 0. The minimum Gasteiger partial charge on any atom is -0.325 e. The topological polar surface area (TPSA) is 44.4 Å². The lowest BCUT2D eigenvalue weighted by Gasteiger charge is -2.23. The molecule has 23 heavy (non-hydrogen) atoms. The summed E-state index contributed by atoms with van der Waals surface area (Å²) in [5.41, 5.74) is 2.16. The van der Waals surface area contributed by atoms with Gasteiger partial charge in [-0.05, 0) is 36.8 Å². The van der Waals surface area contributed by atoms with E-state index in [1.807, 2.05) is 18.2 Å². The van der Waals surface area contributed by atoms with Crippen LogP contribution in [-0.4, -0.2) is 42.5 Å². The molecule has 0 aromatic heterocycles. The van der Waals surface area contributed by atoms with Crippen molar-refractivity contribution in [2.45, 2.75) is 51.1 Å². The number of hydrogen-bond acceptors (Lipinski definition) is 3. The molecule has 0 saturated carbocycles. The third-order valence-corrected chi connectivity index (χ3v) is 4.83. The number of hydrogen-bond donors (Lipinski definition) is 2. The van der Waals surface area contributed by atoms with Crippen molar-refractivity contribution in [3.05, 3.63) is 29.8 Å². The molecule has 1 aromatic rings. The highest BCUT2D eigenvalue weighted by atomic mass is 35.5. The molecule has 0 aliphatic carbocycles. The molecular formula is C18H28ClN3O. The first-order chi connectivity index (χ1) is 10.6. The molecule has 0 spiro atoms. The number of carbonyl (C=O) groups excluding carboxylic acids is 1. The molecule has 3 rings (SSSR count). The van der Waals surface area contributed by atoms with Crippen LogP contribution in [0.15, 0.2) is 24.3 Å². The Hall–Kier alpha value is -1.10. The second-order valence-electron chi connectivity index (χ2n) is 6.95. The van der Waals surface area contributed by atoms with Gasteiger partial charge in [-0.2, -0.15) is 0 Å². The Kier molecular flexibility index (Phi) is 6.45. The Bertz CT molecular complexity index is 535. The Balaban J connectivity index is 0.00000192. The summed E-state index contributed by atoms with van der Waals surface area (Å²) in [5.74, 6) is 0.514. The zero-order valence-electron chi connectivity index (χ0n) is 14.0. The molecule has 2 aliphatic rings. The van der Waals surface area contributed by atoms with Crippen molar-refractivity contribution < 1.29 is 4.79 Å². The van der Waals surface area contributed by atoms with Crippen LogP contribution >= 0.6 is 12.4 Å². The van der Waals surface area contributed by atoms with Gasteiger partial charge in [0.05, 0.1) is 6.54 Å². The molecular weight excluding hydrogens is 310 g/mol. The predicted octanol–water partition coefficient (Wildman–Crippen LogP) is 3.00. The fourth-order valence-corrected chi connectivity index (χ4v) is 3.67. The van der Waals surface area contributed by atoms with Gasteiger partial charge in [0, 0.05) is 30.9 Å². The monoisotopic (exact) mass is 337 g/mol. The van der Waals surface area contributed by atoms with Crippen molar-refractivity contribution in [2.24, 2.45) is 0 Å². The molecule has 2 bridgehead atoms. The van der Waals surface area contributed by atoms with Crippen LogP contribution in [0, 0.1) is 0 Å². The van der Waals surface area contributed by atoms with E-state index in [-0.39, 0.29) is 18.3 Å². The van der Waals surface area contributed by atoms with Crippen molar-refractivity contribution in [1.82, 2.24) is 10.2 Å². The van der Waals surface area contributed by atoms with Gasteiger partial charge in [-0.15, -0.1) is 12.4 Å². The summed E-state index contributed by atoms with van der Waals surface area (Å²) in [5, 5.41) is 6.76. The second-order valence-corrected chi connectivity index (χ2v) is 6.95. The quantitative estimate of drug-likeness (QED) is 0.887. The molecule has 2 aliphatic heterocycles. The van der Waals surface area contributed by atoms with Crippen LogP contribution in [-0.2, 0) is 4.79 Å². The smallest absolute Gasteiger partial charge is 0.238 e. The van der Waals surface area contributed by atoms with E-state index in [1.165, 1.54) is 18.4 Å². The molecule has 2 N–H and O–H groups in total. The van der Waals surface area contributed by atoms with E-state index in [0.29, 0.717) is 24.5 Å². The first-order valence-electron chi connectivity index (χ1n) is 8.49. The van der Waals surface area contributed by atoms with Crippen molar-refractivity contribution in [3.63, 3.8) is 0 Å². The summed E-state index contributed by atoms with van der Waals surface area (Å²) in [4.78, 5) is 14.7. The number of likely N-dealkylation sites (tertiary alicyclic amines) is 1. The van der Waals surface area contributed by atoms with Gasteiger partial charge in [0.15, 0.2) is 0 Å². The third-order valence-electron chi connectivity index (χ3n) is 4.83. The molecule has 128 valence electrons. The molecule has 1 aromatic carbocycles. The van der Waals surface area contributed by atoms with Crippen LogP contribution in [0.1, 0.15) is 44.6 Å². The maximum absolute atomic E-state index is 12.4. The largest absolute Gasteiger partial charge is 0.325 e. The fourth-order valence-electron chi connectivity index (χ4n) is 3.67. The number of amides is 1. The highest BCUT2D eigenvalue weighted by molar-refractivity contribution is 5.93. The van der Waals surface area contributed by atoms with Gasteiger partial charge < -0.3 is 10.6 Å². The lowest BCUT2D eigenvalue weighted by molar-refractivity contribution is -0.117. The zero-order chi connectivity index (χ0) is 15.5. The van der Waals surface area contributed by atoms with Gasteiger partial charge in [0.25, 0.3) is 0 Å². The Morgan fingerprint density at radius 1 is 1.26 bits per heavy atom. The van der Waals surface area contributed by atoms with Gasteiger partial charge in [-0.1, -0.05) is 32.0 Å². The van der Waals surface area contributed by atoms with Crippen molar-refractivity contribution in [3.8, 4) is 0 Å². The predicted molar refractivity (Wildman–Crippen MR) is 97.4 cm³/mol. The number of fused-ring (bicyclic) bond motifs is 2. The average molecular weight is 338 g/mol. The normalized spacial score (nSPS) is 24.1. The summed E-state index contributed by atoms with van der Waals surface area (Å²) < 4.78 is 0. The van der Waals surface area contributed by atoms with E-state index in [2.05, 4.69) is 35.4 Å². The number of benzene rings is 1. The van der Waals surface area contributed by atoms with Gasteiger partial charge in [-0.25, -0.2) is 0 Å². The standard InChI is InChI=1S/C18H27N3O.ClH/c1-13(2)16-5-3-4-6-17(16)20-18(22)12-21-10-9-14-7-8-15(11-21)19-14;/h3-6,13-15,19H,7-12H2,1-2H3,(H,20,22);1H. The number of halogens is 1. The molecule has 2 fully saturated rings. The number of nitrogens with one attached hydrogen (secondary N) is 2. The van der Waals surface area contributed by atoms with Crippen molar-refractivity contribution in [2.75, 3.05) is 25.0 Å². The summed E-state index contributed by atoms with van der Waals surface area (Å²) >= 11 is 0. The van der Waals surface area contributed by atoms with Crippen LogP contribution in [0.25, 0.3) is 0 Å². The van der Waals surface area contributed by atoms with Crippen molar-refractivity contribution in [1.29, 1.82) is 0 Å². The molecule has 2 saturated heterocycles. The summed E-state index contributed by atoms with van der Waals surface area (Å²) in [6.45, 7) is 6.82. The number of carbonyl (C=O) groups is 1.